The molecule has 2 saturated heterocycles. The number of nitrogens with zero attached hydrogens (tertiary/aromatic N) is 3. The number of carbonyl (C=O) groups excluding carboxylic acids is 4. The normalized spacial score (nSPS) is 24.1. The van der Waals surface area contributed by atoms with Crippen molar-refractivity contribution >= 4 is 23.8 Å². The highest BCUT2D eigenvalue weighted by atomic mass is 16.2. The van der Waals surface area contributed by atoms with Gasteiger partial charge in [-0.25, -0.2) is 4.79 Å². The number of aromatic nitrogens is 1. The first-order valence-corrected chi connectivity index (χ1v) is 11.9. The minimum atomic E-state index is -0.877. The number of urea groups is 1. The summed E-state index contributed by atoms with van der Waals surface area (Å²) in [7, 11) is 0. The van der Waals surface area contributed by atoms with Crippen LogP contribution in [0.4, 0.5) is 4.79 Å². The van der Waals surface area contributed by atoms with Gasteiger partial charge >= 0.3 is 6.03 Å². The highest BCUT2D eigenvalue weighted by molar-refractivity contribution is 5.96. The van der Waals surface area contributed by atoms with Crippen LogP contribution < -0.4 is 16.0 Å². The number of amides is 5. The summed E-state index contributed by atoms with van der Waals surface area (Å²) in [5.41, 5.74) is 0.434. The summed E-state index contributed by atoms with van der Waals surface area (Å²) in [6.45, 7) is 1.21. The van der Waals surface area contributed by atoms with Crippen molar-refractivity contribution in [2.45, 2.75) is 63.1 Å². The molecule has 5 amide bonds. The quantitative estimate of drug-likeness (QED) is 0.614. The second kappa shape index (κ2) is 10.6. The van der Waals surface area contributed by atoms with Gasteiger partial charge in [-0.1, -0.05) is 19.3 Å². The van der Waals surface area contributed by atoms with Crippen LogP contribution >= 0.6 is 0 Å². The molecule has 2 aliphatic heterocycles. The number of pyridine rings is 1. The van der Waals surface area contributed by atoms with E-state index in [4.69, 9.17) is 0 Å². The van der Waals surface area contributed by atoms with Crippen LogP contribution in [0.15, 0.2) is 24.5 Å². The van der Waals surface area contributed by atoms with Crippen LogP contribution in [-0.4, -0.2) is 82.8 Å². The first-order chi connectivity index (χ1) is 16.0. The molecule has 3 heterocycles. The van der Waals surface area contributed by atoms with Crippen molar-refractivity contribution in [1.82, 2.24) is 30.7 Å². The molecule has 1 aromatic rings. The van der Waals surface area contributed by atoms with E-state index in [-0.39, 0.29) is 37.0 Å². The molecule has 1 aromatic heterocycles. The molecule has 1 saturated carbocycles. The Balaban J connectivity index is 1.48. The number of piperazine rings is 1. The summed E-state index contributed by atoms with van der Waals surface area (Å²) >= 11 is 0. The van der Waals surface area contributed by atoms with Crippen molar-refractivity contribution in [1.29, 1.82) is 0 Å². The van der Waals surface area contributed by atoms with Gasteiger partial charge in [-0.3, -0.25) is 19.4 Å². The maximum Gasteiger partial charge on any atom is 0.318 e. The van der Waals surface area contributed by atoms with E-state index in [0.29, 0.717) is 25.1 Å². The van der Waals surface area contributed by atoms with Crippen LogP contribution in [0.3, 0.4) is 0 Å². The molecule has 0 bridgehead atoms. The third-order valence-electron chi connectivity index (χ3n) is 6.67. The van der Waals surface area contributed by atoms with E-state index in [0.717, 1.165) is 32.1 Å². The van der Waals surface area contributed by atoms with E-state index in [2.05, 4.69) is 20.9 Å². The molecule has 4 rings (SSSR count). The van der Waals surface area contributed by atoms with Crippen LogP contribution in [0.2, 0.25) is 0 Å². The third-order valence-corrected chi connectivity index (χ3v) is 6.67. The predicted molar refractivity (Wildman–Crippen MR) is 120 cm³/mol. The molecular weight excluding hydrogens is 424 g/mol. The molecular formula is C23H32N6O4. The standard InChI is InChI=1S/C23H32N6O4/c30-20-18(9-5-11-25-20)27-21(31)19-15-28(22(32)16-6-4-10-24-14-16)12-13-29(19)23(33)26-17-7-2-1-3-8-17/h4,6,10,14,17-19H,1-3,5,7-9,11-13,15H2,(H,25,30)(H,26,33)(H,27,31). The summed E-state index contributed by atoms with van der Waals surface area (Å²) in [5, 5.41) is 8.64. The van der Waals surface area contributed by atoms with Gasteiger partial charge in [0.05, 0.1) is 12.1 Å². The number of piperidine rings is 1. The van der Waals surface area contributed by atoms with E-state index in [1.165, 1.54) is 17.5 Å². The summed E-state index contributed by atoms with van der Waals surface area (Å²) in [4.78, 5) is 58.6. The van der Waals surface area contributed by atoms with Gasteiger partial charge in [0.2, 0.25) is 11.8 Å². The van der Waals surface area contributed by atoms with Crippen molar-refractivity contribution < 1.29 is 19.2 Å². The molecule has 178 valence electrons. The summed E-state index contributed by atoms with van der Waals surface area (Å²) in [5.74, 6) is -0.866. The Hall–Kier alpha value is -3.17. The van der Waals surface area contributed by atoms with Gasteiger partial charge < -0.3 is 25.8 Å². The Bertz CT molecular complexity index is 873. The first-order valence-electron chi connectivity index (χ1n) is 11.9. The molecule has 3 fully saturated rings. The van der Waals surface area contributed by atoms with Crippen LogP contribution in [-0.2, 0) is 9.59 Å². The molecule has 10 nitrogen and oxygen atoms in total. The minimum Gasteiger partial charge on any atom is -0.354 e. The highest BCUT2D eigenvalue weighted by Gasteiger charge is 2.39. The van der Waals surface area contributed by atoms with Gasteiger partial charge in [0.25, 0.3) is 5.91 Å². The number of hydrogen-bond donors (Lipinski definition) is 3. The Labute approximate surface area is 193 Å². The lowest BCUT2D eigenvalue weighted by Gasteiger charge is -2.41. The average molecular weight is 457 g/mol. The number of rotatable bonds is 4. The van der Waals surface area contributed by atoms with Crippen LogP contribution in [0.5, 0.6) is 0 Å². The van der Waals surface area contributed by atoms with Crippen LogP contribution in [0, 0.1) is 0 Å². The van der Waals surface area contributed by atoms with E-state index < -0.39 is 18.0 Å². The van der Waals surface area contributed by atoms with E-state index >= 15 is 0 Å². The van der Waals surface area contributed by atoms with Gasteiger partial charge in [0.1, 0.15) is 12.1 Å². The maximum absolute atomic E-state index is 13.3. The Kier molecular flexibility index (Phi) is 7.41. The lowest BCUT2D eigenvalue weighted by Crippen LogP contribution is -2.65. The number of nitrogens with one attached hydrogen (secondary N) is 3. The second-order valence-corrected chi connectivity index (χ2v) is 8.98. The number of hydrogen-bond acceptors (Lipinski definition) is 5. The highest BCUT2D eigenvalue weighted by Crippen LogP contribution is 2.19. The van der Waals surface area contributed by atoms with Crippen molar-refractivity contribution in [3.63, 3.8) is 0 Å². The minimum absolute atomic E-state index is 0.0615. The first kappa shape index (κ1) is 23.0. The molecule has 10 heteroatoms. The maximum atomic E-state index is 13.3. The van der Waals surface area contributed by atoms with Gasteiger partial charge in [-0.2, -0.15) is 0 Å². The molecule has 33 heavy (non-hydrogen) atoms. The SMILES string of the molecule is O=C1NCCCC1NC(=O)C1CN(C(=O)c2cccnc2)CCN1C(=O)NC1CCCCC1. The zero-order valence-corrected chi connectivity index (χ0v) is 18.8. The molecule has 2 unspecified atom stereocenters. The fourth-order valence-corrected chi connectivity index (χ4v) is 4.79. The van der Waals surface area contributed by atoms with Crippen molar-refractivity contribution in [2.75, 3.05) is 26.2 Å². The fourth-order valence-electron chi connectivity index (χ4n) is 4.79. The fraction of sp³-hybridized carbons (Fsp3) is 0.609. The van der Waals surface area contributed by atoms with E-state index in [1.807, 2.05) is 0 Å². The zero-order chi connectivity index (χ0) is 23.2. The second-order valence-electron chi connectivity index (χ2n) is 8.98. The van der Waals surface area contributed by atoms with Gasteiger partial charge in [-0.05, 0) is 37.8 Å². The molecule has 2 atom stereocenters. The molecule has 0 spiro atoms. The third kappa shape index (κ3) is 5.61. The Morgan fingerprint density at radius 2 is 1.85 bits per heavy atom. The molecule has 0 aromatic carbocycles. The van der Waals surface area contributed by atoms with E-state index in [1.54, 1.807) is 23.2 Å². The smallest absolute Gasteiger partial charge is 0.318 e. The monoisotopic (exact) mass is 456 g/mol. The van der Waals surface area contributed by atoms with Crippen molar-refractivity contribution in [2.24, 2.45) is 0 Å². The van der Waals surface area contributed by atoms with Crippen molar-refractivity contribution in [3.8, 4) is 0 Å². The summed E-state index contributed by atoms with van der Waals surface area (Å²) < 4.78 is 0. The topological polar surface area (TPSA) is 124 Å². The number of carbonyl (C=O) groups is 4. The predicted octanol–water partition coefficient (Wildman–Crippen LogP) is 0.645. The van der Waals surface area contributed by atoms with Crippen LogP contribution in [0.1, 0.15) is 55.3 Å². The molecule has 3 N–H and O–H groups in total. The van der Waals surface area contributed by atoms with E-state index in [9.17, 15) is 19.2 Å². The molecule has 0 radical (unpaired) electrons. The zero-order valence-electron chi connectivity index (χ0n) is 18.8. The van der Waals surface area contributed by atoms with Gasteiger partial charge in [0, 0.05) is 38.1 Å². The molecule has 3 aliphatic rings. The van der Waals surface area contributed by atoms with Crippen LogP contribution in [0.25, 0.3) is 0 Å². The Morgan fingerprint density at radius 3 is 2.58 bits per heavy atom. The van der Waals surface area contributed by atoms with Gasteiger partial charge in [-0.15, -0.1) is 0 Å². The van der Waals surface area contributed by atoms with Gasteiger partial charge in [0.15, 0.2) is 0 Å². The van der Waals surface area contributed by atoms with Crippen molar-refractivity contribution in [3.05, 3.63) is 30.1 Å². The largest absolute Gasteiger partial charge is 0.354 e. The summed E-state index contributed by atoms with van der Waals surface area (Å²) in [6.07, 6.45) is 9.63. The lowest BCUT2D eigenvalue weighted by atomic mass is 9.95. The molecule has 1 aliphatic carbocycles. The average Bonchev–Trinajstić information content (AvgIpc) is 2.85. The lowest BCUT2D eigenvalue weighted by molar-refractivity contribution is -0.133. The Morgan fingerprint density at radius 1 is 1.03 bits per heavy atom. The summed E-state index contributed by atoms with van der Waals surface area (Å²) in [6, 6.07) is 1.68.